The molecule has 3 aliphatic rings. The first kappa shape index (κ1) is 42.9. The quantitative estimate of drug-likeness (QED) is 0.131. The summed E-state index contributed by atoms with van der Waals surface area (Å²) in [7, 11) is 0. The first-order chi connectivity index (χ1) is 29.2. The lowest BCUT2D eigenvalue weighted by molar-refractivity contribution is 0.556. The van der Waals surface area contributed by atoms with Gasteiger partial charge in [-0.2, -0.15) is 0 Å². The van der Waals surface area contributed by atoms with Crippen LogP contribution in [0.25, 0.3) is 16.7 Å². The standard InChI is InChI=1S/C32H34.C26H25N.C2H4/c1-30(2,3)24-20-26-25-18-13-19-27(25)32(22-14-9-7-10-15-22,23-16-11-8-12-17-23)29(26)28(21-24)31(4,5)6;1-5-18(6-2)19-11-13-20(14-12-19)27-21-15-16-23-22-9-7-8-10-24(22)26(3,4)25(23)17-21;1-2/h7-21,25H,1-6H3;5-17,27H,1H2,2-4H3;1-2H2/b;18-6+;. The molecule has 0 spiro atoms. The highest BCUT2D eigenvalue weighted by atomic mass is 14.9. The van der Waals surface area contributed by atoms with Crippen LogP contribution in [0.15, 0.2) is 195 Å². The molecule has 0 saturated heterocycles. The monoisotopic (exact) mass is 797 g/mol. The Bertz CT molecular complexity index is 2590. The second kappa shape index (κ2) is 16.7. The Labute approximate surface area is 367 Å². The molecule has 1 nitrogen and oxygen atoms in total. The van der Waals surface area contributed by atoms with Crippen LogP contribution in [0.5, 0.6) is 0 Å². The van der Waals surface area contributed by atoms with Crippen LogP contribution < -0.4 is 5.32 Å². The van der Waals surface area contributed by atoms with E-state index in [9.17, 15) is 0 Å². The maximum Gasteiger partial charge on any atom is 0.0679 e. The zero-order valence-corrected chi connectivity index (χ0v) is 37.9. The van der Waals surface area contributed by atoms with E-state index < -0.39 is 0 Å². The fraction of sp³-hybridized carbons (Fsp3) is 0.233. The third-order valence-electron chi connectivity index (χ3n) is 12.9. The van der Waals surface area contributed by atoms with Gasteiger partial charge < -0.3 is 5.32 Å². The van der Waals surface area contributed by atoms with Crippen molar-refractivity contribution in [3.63, 3.8) is 0 Å². The maximum absolute atomic E-state index is 3.88. The van der Waals surface area contributed by atoms with Gasteiger partial charge in [0.1, 0.15) is 0 Å². The van der Waals surface area contributed by atoms with Gasteiger partial charge in [-0.25, -0.2) is 0 Å². The van der Waals surface area contributed by atoms with Crippen LogP contribution in [0.3, 0.4) is 0 Å². The molecule has 0 aromatic heterocycles. The molecule has 0 amide bonds. The second-order valence-corrected chi connectivity index (χ2v) is 19.0. The van der Waals surface area contributed by atoms with Crippen molar-refractivity contribution in [3.05, 3.63) is 245 Å². The average molecular weight is 798 g/mol. The lowest BCUT2D eigenvalue weighted by Gasteiger charge is -2.38. The molecule has 308 valence electrons. The van der Waals surface area contributed by atoms with Crippen LogP contribution >= 0.6 is 0 Å². The Morgan fingerprint density at radius 1 is 0.639 bits per heavy atom. The molecule has 0 heterocycles. The van der Waals surface area contributed by atoms with Gasteiger partial charge in [0, 0.05) is 22.7 Å². The largest absolute Gasteiger partial charge is 0.356 e. The van der Waals surface area contributed by atoms with E-state index in [-0.39, 0.29) is 21.7 Å². The van der Waals surface area contributed by atoms with Crippen LogP contribution in [0.4, 0.5) is 11.4 Å². The first-order valence-corrected chi connectivity index (χ1v) is 21.8. The van der Waals surface area contributed by atoms with Crippen LogP contribution in [0.1, 0.15) is 118 Å². The Morgan fingerprint density at radius 2 is 1.21 bits per heavy atom. The van der Waals surface area contributed by atoms with E-state index in [2.05, 4.69) is 244 Å². The number of nitrogens with one attached hydrogen (secondary N) is 1. The molecule has 61 heavy (non-hydrogen) atoms. The fourth-order valence-electron chi connectivity index (χ4n) is 9.87. The topological polar surface area (TPSA) is 12.0 Å². The van der Waals surface area contributed by atoms with Crippen LogP contribution in [-0.4, -0.2) is 0 Å². The second-order valence-electron chi connectivity index (χ2n) is 19.0. The Balaban J connectivity index is 0.000000179. The van der Waals surface area contributed by atoms with E-state index in [1.54, 1.807) is 0 Å². The minimum Gasteiger partial charge on any atom is -0.356 e. The van der Waals surface area contributed by atoms with Crippen molar-refractivity contribution in [2.45, 2.75) is 89.9 Å². The summed E-state index contributed by atoms with van der Waals surface area (Å²) < 4.78 is 0. The summed E-state index contributed by atoms with van der Waals surface area (Å²) in [6.45, 7) is 30.6. The van der Waals surface area contributed by atoms with Gasteiger partial charge in [0.2, 0.25) is 0 Å². The van der Waals surface area contributed by atoms with Crippen LogP contribution in [-0.2, 0) is 21.7 Å². The highest BCUT2D eigenvalue weighted by Crippen LogP contribution is 2.62. The van der Waals surface area contributed by atoms with Crippen molar-refractivity contribution >= 4 is 16.9 Å². The molecule has 0 aliphatic heterocycles. The molecule has 1 unspecified atom stereocenters. The molecule has 1 N–H and O–H groups in total. The normalized spacial score (nSPS) is 16.4. The van der Waals surface area contributed by atoms with E-state index in [0.717, 1.165) is 16.9 Å². The molecular formula is C60H63N. The number of allylic oxidation sites excluding steroid dienone is 7. The van der Waals surface area contributed by atoms with Crippen molar-refractivity contribution in [2.75, 3.05) is 5.32 Å². The number of rotatable bonds is 6. The predicted molar refractivity (Wildman–Crippen MR) is 265 cm³/mol. The molecule has 9 rings (SSSR count). The van der Waals surface area contributed by atoms with Gasteiger partial charge in [-0.3, -0.25) is 0 Å². The Morgan fingerprint density at radius 3 is 1.79 bits per heavy atom. The average Bonchev–Trinajstić information content (AvgIpc) is 3.92. The molecule has 1 heteroatoms. The highest BCUT2D eigenvalue weighted by molar-refractivity contribution is 5.83. The van der Waals surface area contributed by atoms with Crippen LogP contribution in [0, 0.1) is 0 Å². The lowest BCUT2D eigenvalue weighted by Crippen LogP contribution is -2.32. The molecule has 3 aliphatic carbocycles. The number of hydrogen-bond donors (Lipinski definition) is 1. The molecule has 6 aromatic carbocycles. The molecule has 0 fully saturated rings. The summed E-state index contributed by atoms with van der Waals surface area (Å²) in [5.74, 6) is 0.328. The summed E-state index contributed by atoms with van der Waals surface area (Å²) >= 11 is 0. The van der Waals surface area contributed by atoms with E-state index >= 15 is 0 Å². The van der Waals surface area contributed by atoms with E-state index in [1.165, 1.54) is 66.8 Å². The summed E-state index contributed by atoms with van der Waals surface area (Å²) in [4.78, 5) is 0. The lowest BCUT2D eigenvalue weighted by atomic mass is 9.64. The summed E-state index contributed by atoms with van der Waals surface area (Å²) in [5.41, 5.74) is 20.0. The zero-order chi connectivity index (χ0) is 43.7. The molecule has 1 atom stereocenters. The van der Waals surface area contributed by atoms with Crippen molar-refractivity contribution in [2.24, 2.45) is 0 Å². The molecule has 0 bridgehead atoms. The van der Waals surface area contributed by atoms with Crippen LogP contribution in [0.2, 0.25) is 0 Å². The first-order valence-electron chi connectivity index (χ1n) is 21.8. The van der Waals surface area contributed by atoms with Gasteiger partial charge in [-0.05, 0) is 114 Å². The van der Waals surface area contributed by atoms with E-state index in [0.29, 0.717) is 5.92 Å². The minimum absolute atomic E-state index is 0.0260. The van der Waals surface area contributed by atoms with E-state index in [1.807, 2.05) is 13.0 Å². The van der Waals surface area contributed by atoms with Crippen molar-refractivity contribution in [3.8, 4) is 11.1 Å². The Kier molecular flexibility index (Phi) is 11.8. The third kappa shape index (κ3) is 7.61. The van der Waals surface area contributed by atoms with Gasteiger partial charge in [0.25, 0.3) is 0 Å². The molecule has 0 saturated carbocycles. The highest BCUT2D eigenvalue weighted by Gasteiger charge is 2.53. The number of anilines is 2. The number of fused-ring (bicyclic) bond motifs is 6. The molecule has 0 radical (unpaired) electrons. The van der Waals surface area contributed by atoms with Gasteiger partial charge >= 0.3 is 0 Å². The SMILES string of the molecule is C=C.C=C/C(=C\C)c1ccc(Nc2ccc3c(c2)C(C)(C)c2ccccc2-3)cc1.CC(C)(C)c1cc2c(c(C(C)(C)C)c1)C(c1ccccc1)(c1ccccc1)C1=CC=CC12. The maximum atomic E-state index is 3.88. The number of benzene rings is 6. The smallest absolute Gasteiger partial charge is 0.0679 e. The summed E-state index contributed by atoms with van der Waals surface area (Å²) in [6, 6.07) is 51.3. The predicted octanol–water partition coefficient (Wildman–Crippen LogP) is 16.3. The van der Waals surface area contributed by atoms with Gasteiger partial charge in [0.15, 0.2) is 0 Å². The van der Waals surface area contributed by atoms with Gasteiger partial charge in [-0.1, -0.05) is 208 Å². The fourth-order valence-corrected chi connectivity index (χ4v) is 9.87. The molecular weight excluding hydrogens is 735 g/mol. The van der Waals surface area contributed by atoms with Crippen molar-refractivity contribution < 1.29 is 0 Å². The minimum atomic E-state index is -0.273. The Hall–Kier alpha value is -6.18. The van der Waals surface area contributed by atoms with Crippen molar-refractivity contribution in [1.82, 2.24) is 0 Å². The summed E-state index contributed by atoms with van der Waals surface area (Å²) in [5, 5.41) is 3.56. The van der Waals surface area contributed by atoms with Crippen molar-refractivity contribution in [1.29, 1.82) is 0 Å². The number of hydrogen-bond acceptors (Lipinski definition) is 1. The zero-order valence-electron chi connectivity index (χ0n) is 37.9. The van der Waals surface area contributed by atoms with Gasteiger partial charge in [-0.15, -0.1) is 13.2 Å². The molecule has 6 aromatic rings. The van der Waals surface area contributed by atoms with Gasteiger partial charge in [0.05, 0.1) is 5.41 Å². The van der Waals surface area contributed by atoms with E-state index in [4.69, 9.17) is 0 Å². The third-order valence-corrected chi connectivity index (χ3v) is 12.9. The summed E-state index contributed by atoms with van der Waals surface area (Å²) in [6.07, 6.45) is 11.0.